The molecule has 2 saturated heterocycles. The number of ether oxygens (including phenoxy) is 2. The standard InChI is InChI=1S/C9H14O3/c10-6-2-1-5-8(6)12-7-3-4-11-9(5)7/h5-10H,1-4H2/t5-,6-,7-,8+,9+/m1/s1. The lowest BCUT2D eigenvalue weighted by molar-refractivity contribution is -0.0270. The van der Waals surface area contributed by atoms with Gasteiger partial charge in [0.2, 0.25) is 0 Å². The first-order valence-corrected chi connectivity index (χ1v) is 4.81. The quantitative estimate of drug-likeness (QED) is 0.568. The Hall–Kier alpha value is -0.120. The molecule has 0 aromatic rings. The lowest BCUT2D eigenvalue weighted by atomic mass is 9.98. The highest BCUT2D eigenvalue weighted by molar-refractivity contribution is 5.01. The smallest absolute Gasteiger partial charge is 0.0892 e. The van der Waals surface area contributed by atoms with Crippen molar-refractivity contribution in [3.05, 3.63) is 0 Å². The number of fused-ring (bicyclic) bond motifs is 3. The van der Waals surface area contributed by atoms with E-state index in [1.165, 1.54) is 0 Å². The van der Waals surface area contributed by atoms with Gasteiger partial charge in [0.15, 0.2) is 0 Å². The third kappa shape index (κ3) is 0.817. The lowest BCUT2D eigenvalue weighted by Gasteiger charge is -2.14. The minimum atomic E-state index is -0.232. The Morgan fingerprint density at radius 1 is 1.08 bits per heavy atom. The third-order valence-corrected chi connectivity index (χ3v) is 3.43. The number of rotatable bonds is 0. The van der Waals surface area contributed by atoms with Gasteiger partial charge < -0.3 is 14.6 Å². The van der Waals surface area contributed by atoms with Crippen molar-refractivity contribution in [3.63, 3.8) is 0 Å². The van der Waals surface area contributed by atoms with E-state index in [9.17, 15) is 5.11 Å². The van der Waals surface area contributed by atoms with Crippen LogP contribution in [0.15, 0.2) is 0 Å². The Morgan fingerprint density at radius 2 is 2.00 bits per heavy atom. The monoisotopic (exact) mass is 170 g/mol. The van der Waals surface area contributed by atoms with E-state index >= 15 is 0 Å². The summed E-state index contributed by atoms with van der Waals surface area (Å²) in [6.07, 6.45) is 3.42. The van der Waals surface area contributed by atoms with Crippen LogP contribution < -0.4 is 0 Å². The molecular weight excluding hydrogens is 156 g/mol. The molecule has 3 nitrogen and oxygen atoms in total. The van der Waals surface area contributed by atoms with Crippen LogP contribution in [0.4, 0.5) is 0 Å². The van der Waals surface area contributed by atoms with Gasteiger partial charge in [-0.25, -0.2) is 0 Å². The maximum Gasteiger partial charge on any atom is 0.0892 e. The summed E-state index contributed by atoms with van der Waals surface area (Å²) in [7, 11) is 0. The Kier molecular flexibility index (Phi) is 1.48. The number of aliphatic hydroxyl groups excluding tert-OH is 1. The molecule has 1 N–H and O–H groups in total. The largest absolute Gasteiger partial charge is 0.390 e. The average molecular weight is 170 g/mol. The molecule has 3 fully saturated rings. The van der Waals surface area contributed by atoms with Gasteiger partial charge in [-0.15, -0.1) is 0 Å². The molecule has 2 aliphatic heterocycles. The zero-order valence-corrected chi connectivity index (χ0v) is 6.98. The van der Waals surface area contributed by atoms with Crippen LogP contribution >= 0.6 is 0 Å². The zero-order chi connectivity index (χ0) is 8.13. The number of aliphatic hydroxyl groups is 1. The number of hydrogen-bond donors (Lipinski definition) is 1. The van der Waals surface area contributed by atoms with E-state index < -0.39 is 0 Å². The molecule has 0 aromatic carbocycles. The molecule has 2 heterocycles. The van der Waals surface area contributed by atoms with Gasteiger partial charge in [0.25, 0.3) is 0 Å². The Labute approximate surface area is 71.7 Å². The Morgan fingerprint density at radius 3 is 2.92 bits per heavy atom. The second-order valence-corrected chi connectivity index (χ2v) is 4.07. The highest BCUT2D eigenvalue weighted by Crippen LogP contribution is 2.44. The maximum absolute atomic E-state index is 9.57. The number of hydrogen-bond acceptors (Lipinski definition) is 3. The third-order valence-electron chi connectivity index (χ3n) is 3.43. The predicted molar refractivity (Wildman–Crippen MR) is 41.7 cm³/mol. The summed E-state index contributed by atoms with van der Waals surface area (Å²) in [6, 6.07) is 0. The van der Waals surface area contributed by atoms with Crippen LogP contribution in [0, 0.1) is 5.92 Å². The van der Waals surface area contributed by atoms with Gasteiger partial charge in [-0.2, -0.15) is 0 Å². The van der Waals surface area contributed by atoms with Crippen molar-refractivity contribution >= 4 is 0 Å². The molecule has 0 unspecified atom stereocenters. The van der Waals surface area contributed by atoms with Crippen LogP contribution in [0.25, 0.3) is 0 Å². The molecular formula is C9H14O3. The minimum Gasteiger partial charge on any atom is -0.390 e. The summed E-state index contributed by atoms with van der Waals surface area (Å²) in [4.78, 5) is 0. The average Bonchev–Trinajstić information content (AvgIpc) is 2.63. The van der Waals surface area contributed by atoms with E-state index in [1.54, 1.807) is 0 Å². The summed E-state index contributed by atoms with van der Waals surface area (Å²) in [5, 5.41) is 9.57. The fraction of sp³-hybridized carbons (Fsp3) is 1.00. The summed E-state index contributed by atoms with van der Waals surface area (Å²) < 4.78 is 11.3. The summed E-state index contributed by atoms with van der Waals surface area (Å²) in [5.41, 5.74) is 0. The van der Waals surface area contributed by atoms with Crippen molar-refractivity contribution < 1.29 is 14.6 Å². The first-order valence-electron chi connectivity index (χ1n) is 4.81. The van der Waals surface area contributed by atoms with Gasteiger partial charge >= 0.3 is 0 Å². The summed E-state index contributed by atoms with van der Waals surface area (Å²) in [5.74, 6) is 0.479. The maximum atomic E-state index is 9.57. The SMILES string of the molecule is O[C@@H]1CC[C@@H]2[C@@H]1O[C@@H]1CCO[C@@H]21. The molecule has 1 saturated carbocycles. The van der Waals surface area contributed by atoms with Crippen molar-refractivity contribution in [3.8, 4) is 0 Å². The van der Waals surface area contributed by atoms with Crippen LogP contribution in [-0.2, 0) is 9.47 Å². The first kappa shape index (κ1) is 7.30. The van der Waals surface area contributed by atoms with Gasteiger partial charge in [0, 0.05) is 12.5 Å². The predicted octanol–water partition coefficient (Wildman–Crippen LogP) is 0.314. The fourth-order valence-corrected chi connectivity index (χ4v) is 2.86. The molecule has 0 bridgehead atoms. The van der Waals surface area contributed by atoms with Crippen LogP contribution in [0.3, 0.4) is 0 Å². The molecule has 0 aromatic heterocycles. The van der Waals surface area contributed by atoms with Gasteiger partial charge in [-0.1, -0.05) is 0 Å². The van der Waals surface area contributed by atoms with E-state index in [2.05, 4.69) is 0 Å². The second kappa shape index (κ2) is 2.44. The second-order valence-electron chi connectivity index (χ2n) is 4.07. The van der Waals surface area contributed by atoms with E-state index in [0.717, 1.165) is 25.9 Å². The highest BCUT2D eigenvalue weighted by atomic mass is 16.6. The van der Waals surface area contributed by atoms with Crippen molar-refractivity contribution in [2.45, 2.75) is 43.7 Å². The van der Waals surface area contributed by atoms with E-state index in [1.807, 2.05) is 0 Å². The van der Waals surface area contributed by atoms with Crippen LogP contribution in [-0.4, -0.2) is 36.1 Å². The van der Waals surface area contributed by atoms with Crippen LogP contribution in [0.2, 0.25) is 0 Å². The fourth-order valence-electron chi connectivity index (χ4n) is 2.86. The van der Waals surface area contributed by atoms with Crippen molar-refractivity contribution in [2.75, 3.05) is 6.61 Å². The lowest BCUT2D eigenvalue weighted by Crippen LogP contribution is -2.26. The minimum absolute atomic E-state index is 0.0836. The van der Waals surface area contributed by atoms with E-state index in [-0.39, 0.29) is 18.3 Å². The van der Waals surface area contributed by atoms with E-state index in [4.69, 9.17) is 9.47 Å². The normalized spacial score (nSPS) is 57.2. The molecule has 3 heteroatoms. The molecule has 5 atom stereocenters. The molecule has 0 radical (unpaired) electrons. The summed E-state index contributed by atoms with van der Waals surface area (Å²) >= 11 is 0. The molecule has 1 aliphatic carbocycles. The topological polar surface area (TPSA) is 38.7 Å². The molecule has 0 spiro atoms. The molecule has 12 heavy (non-hydrogen) atoms. The van der Waals surface area contributed by atoms with Crippen molar-refractivity contribution in [1.29, 1.82) is 0 Å². The zero-order valence-electron chi connectivity index (χ0n) is 6.98. The van der Waals surface area contributed by atoms with Gasteiger partial charge in [-0.05, 0) is 19.3 Å². The molecule has 3 rings (SSSR count). The highest BCUT2D eigenvalue weighted by Gasteiger charge is 2.52. The summed E-state index contributed by atoms with van der Waals surface area (Å²) in [6.45, 7) is 0.842. The van der Waals surface area contributed by atoms with Crippen LogP contribution in [0.1, 0.15) is 19.3 Å². The van der Waals surface area contributed by atoms with Gasteiger partial charge in [0.05, 0.1) is 24.4 Å². The molecule has 0 amide bonds. The Balaban J connectivity index is 1.83. The van der Waals surface area contributed by atoms with Crippen molar-refractivity contribution in [1.82, 2.24) is 0 Å². The molecule has 3 aliphatic rings. The Bertz CT molecular complexity index is 192. The van der Waals surface area contributed by atoms with Crippen LogP contribution in [0.5, 0.6) is 0 Å². The molecule has 68 valence electrons. The van der Waals surface area contributed by atoms with Gasteiger partial charge in [0.1, 0.15) is 0 Å². The first-order chi connectivity index (χ1) is 5.86. The van der Waals surface area contributed by atoms with Gasteiger partial charge in [-0.3, -0.25) is 0 Å². The van der Waals surface area contributed by atoms with E-state index in [0.29, 0.717) is 12.0 Å². The van der Waals surface area contributed by atoms with Crippen molar-refractivity contribution in [2.24, 2.45) is 5.92 Å².